The quantitative estimate of drug-likeness (QED) is 0.482. The van der Waals surface area contributed by atoms with E-state index < -0.39 is 16.9 Å². The zero-order valence-electron chi connectivity index (χ0n) is 13.2. The van der Waals surface area contributed by atoms with Gasteiger partial charge in [-0.1, -0.05) is 11.8 Å². The van der Waals surface area contributed by atoms with Crippen LogP contribution < -0.4 is 5.73 Å². The molecule has 0 saturated carbocycles. The van der Waals surface area contributed by atoms with Crippen LogP contribution in [0, 0.1) is 10.1 Å². The fraction of sp³-hybridized carbons (Fsp3) is 0.400. The van der Waals surface area contributed by atoms with Crippen molar-refractivity contribution < 1.29 is 14.5 Å². The summed E-state index contributed by atoms with van der Waals surface area (Å²) in [6.45, 7) is 0.541. The van der Waals surface area contributed by atoms with Gasteiger partial charge in [0.1, 0.15) is 6.04 Å². The van der Waals surface area contributed by atoms with E-state index in [2.05, 4.69) is 4.98 Å². The summed E-state index contributed by atoms with van der Waals surface area (Å²) in [4.78, 5) is 40.2. The number of piperidine rings is 1. The zero-order valence-corrected chi connectivity index (χ0v) is 14.8. The number of hydrogen-bond donors (Lipinski definition) is 1. The number of benzene rings is 1. The van der Waals surface area contributed by atoms with Gasteiger partial charge in [-0.05, 0) is 25.3 Å². The van der Waals surface area contributed by atoms with E-state index in [9.17, 15) is 19.7 Å². The lowest BCUT2D eigenvalue weighted by atomic mass is 10.0. The van der Waals surface area contributed by atoms with E-state index in [1.54, 1.807) is 11.0 Å². The molecule has 3 rings (SSSR count). The average molecular weight is 380 g/mol. The second-order valence-corrected chi connectivity index (χ2v) is 7.93. The van der Waals surface area contributed by atoms with E-state index >= 15 is 0 Å². The number of fused-ring (bicyclic) bond motifs is 1. The number of rotatable bonds is 5. The molecule has 8 nitrogen and oxygen atoms in total. The first-order valence-corrected chi connectivity index (χ1v) is 9.52. The number of carbonyl (C=O) groups excluding carboxylic acids is 2. The van der Waals surface area contributed by atoms with E-state index in [1.807, 2.05) is 0 Å². The van der Waals surface area contributed by atoms with Gasteiger partial charge in [0, 0.05) is 18.7 Å². The third-order valence-electron chi connectivity index (χ3n) is 4.03. The molecule has 2 aromatic rings. The Bertz CT molecular complexity index is 838. The number of nitro groups is 1. The van der Waals surface area contributed by atoms with Gasteiger partial charge < -0.3 is 10.6 Å². The first kappa shape index (κ1) is 17.6. The summed E-state index contributed by atoms with van der Waals surface area (Å²) in [5.74, 6) is -0.449. The highest BCUT2D eigenvalue weighted by atomic mass is 32.2. The third-order valence-corrected chi connectivity index (χ3v) is 6.18. The molecule has 0 radical (unpaired) electrons. The number of non-ortho nitro benzene ring substituents is 1. The molecule has 1 fully saturated rings. The maximum atomic E-state index is 12.4. The summed E-state index contributed by atoms with van der Waals surface area (Å²) >= 11 is 2.58. The summed E-state index contributed by atoms with van der Waals surface area (Å²) in [7, 11) is 0. The SMILES string of the molecule is NC(=O)[C@H]1CCCCN1C(=O)CSc1nc2ccc([N+](=O)[O-])cc2s1. The largest absolute Gasteiger partial charge is 0.368 e. The first-order chi connectivity index (χ1) is 12.0. The number of nitrogens with zero attached hydrogens (tertiary/aromatic N) is 3. The number of thiazole rings is 1. The van der Waals surface area contributed by atoms with Gasteiger partial charge in [0.05, 0.1) is 20.9 Å². The van der Waals surface area contributed by atoms with Crippen LogP contribution in [0.5, 0.6) is 0 Å². The predicted molar refractivity (Wildman–Crippen MR) is 95.5 cm³/mol. The molecule has 132 valence electrons. The molecule has 1 aromatic carbocycles. The fourth-order valence-corrected chi connectivity index (χ4v) is 4.79. The summed E-state index contributed by atoms with van der Waals surface area (Å²) in [6.07, 6.45) is 2.36. The third kappa shape index (κ3) is 3.90. The van der Waals surface area contributed by atoms with E-state index in [-0.39, 0.29) is 17.3 Å². The van der Waals surface area contributed by atoms with Crippen molar-refractivity contribution in [3.8, 4) is 0 Å². The average Bonchev–Trinajstić information content (AvgIpc) is 3.01. The number of primary amides is 1. The Morgan fingerprint density at radius 3 is 2.96 bits per heavy atom. The molecular weight excluding hydrogens is 364 g/mol. The van der Waals surface area contributed by atoms with E-state index in [0.29, 0.717) is 27.5 Å². The molecule has 1 aliphatic heterocycles. The summed E-state index contributed by atoms with van der Waals surface area (Å²) in [6, 6.07) is 3.96. The Labute approximate surface area is 151 Å². The fourth-order valence-electron chi connectivity index (χ4n) is 2.80. The van der Waals surface area contributed by atoms with Gasteiger partial charge in [-0.2, -0.15) is 0 Å². The molecule has 0 unspecified atom stereocenters. The summed E-state index contributed by atoms with van der Waals surface area (Å²) < 4.78 is 1.37. The van der Waals surface area contributed by atoms with Crippen LogP contribution in [0.2, 0.25) is 0 Å². The molecule has 2 amide bonds. The van der Waals surface area contributed by atoms with Gasteiger partial charge in [0.2, 0.25) is 11.8 Å². The molecule has 10 heteroatoms. The molecule has 0 aliphatic carbocycles. The Morgan fingerprint density at radius 2 is 2.24 bits per heavy atom. The molecule has 0 spiro atoms. The highest BCUT2D eigenvalue weighted by Crippen LogP contribution is 2.32. The van der Waals surface area contributed by atoms with Crippen molar-refractivity contribution in [1.29, 1.82) is 0 Å². The minimum atomic E-state index is -0.528. The van der Waals surface area contributed by atoms with Crippen molar-refractivity contribution in [3.05, 3.63) is 28.3 Å². The molecule has 0 bridgehead atoms. The van der Waals surface area contributed by atoms with E-state index in [1.165, 1.54) is 35.2 Å². The zero-order chi connectivity index (χ0) is 18.0. The van der Waals surface area contributed by atoms with Crippen LogP contribution in [0.15, 0.2) is 22.5 Å². The van der Waals surface area contributed by atoms with Crippen LogP contribution in [-0.2, 0) is 9.59 Å². The number of amides is 2. The van der Waals surface area contributed by atoms with Gasteiger partial charge in [0.25, 0.3) is 5.69 Å². The van der Waals surface area contributed by atoms with Gasteiger partial charge in [0.15, 0.2) is 4.34 Å². The van der Waals surface area contributed by atoms with E-state index in [0.717, 1.165) is 12.8 Å². The summed E-state index contributed by atoms with van der Waals surface area (Å²) in [5, 5.41) is 10.8. The first-order valence-electron chi connectivity index (χ1n) is 7.72. The number of nitro benzene ring substituents is 1. The number of aromatic nitrogens is 1. The lowest BCUT2D eigenvalue weighted by molar-refractivity contribution is -0.384. The van der Waals surface area contributed by atoms with Crippen molar-refractivity contribution >= 4 is 50.8 Å². The Hall–Kier alpha value is -2.20. The maximum absolute atomic E-state index is 12.4. The molecule has 1 saturated heterocycles. The van der Waals surface area contributed by atoms with Crippen LogP contribution in [0.25, 0.3) is 10.2 Å². The Morgan fingerprint density at radius 1 is 1.44 bits per heavy atom. The van der Waals surface area contributed by atoms with E-state index in [4.69, 9.17) is 5.73 Å². The molecular formula is C15H16N4O4S2. The van der Waals surface area contributed by atoms with Crippen molar-refractivity contribution in [2.24, 2.45) is 5.73 Å². The summed E-state index contributed by atoms with van der Waals surface area (Å²) in [5.41, 5.74) is 6.07. The van der Waals surface area contributed by atoms with Crippen LogP contribution in [-0.4, -0.2) is 45.0 Å². The van der Waals surface area contributed by atoms with Crippen molar-refractivity contribution in [2.45, 2.75) is 29.6 Å². The number of thioether (sulfide) groups is 1. The molecule has 1 atom stereocenters. The smallest absolute Gasteiger partial charge is 0.270 e. The standard InChI is InChI=1S/C15H16N4O4S2/c16-14(21)11-3-1-2-6-18(11)13(20)8-24-15-17-10-5-4-9(19(22)23)7-12(10)25-15/h4-5,7,11H,1-3,6,8H2,(H2,16,21)/t11-/m1/s1. The predicted octanol–water partition coefficient (Wildman–Crippen LogP) is 2.16. The Balaban J connectivity index is 1.68. The highest BCUT2D eigenvalue weighted by Gasteiger charge is 2.30. The Kier molecular flexibility index (Phi) is 5.19. The molecule has 25 heavy (non-hydrogen) atoms. The van der Waals surface area contributed by atoms with Gasteiger partial charge in [-0.15, -0.1) is 11.3 Å². The van der Waals surface area contributed by atoms with Crippen LogP contribution in [0.4, 0.5) is 5.69 Å². The number of likely N-dealkylation sites (tertiary alicyclic amines) is 1. The molecule has 1 aromatic heterocycles. The van der Waals surface area contributed by atoms with Crippen LogP contribution >= 0.6 is 23.1 Å². The van der Waals surface area contributed by atoms with Crippen molar-refractivity contribution in [3.63, 3.8) is 0 Å². The lowest BCUT2D eigenvalue weighted by Crippen LogP contribution is -2.51. The normalized spacial score (nSPS) is 17.6. The van der Waals surface area contributed by atoms with Gasteiger partial charge >= 0.3 is 0 Å². The van der Waals surface area contributed by atoms with Crippen molar-refractivity contribution in [2.75, 3.05) is 12.3 Å². The molecule has 2 N–H and O–H groups in total. The number of nitrogens with two attached hydrogens (primary N) is 1. The lowest BCUT2D eigenvalue weighted by Gasteiger charge is -2.33. The van der Waals surface area contributed by atoms with Crippen LogP contribution in [0.1, 0.15) is 19.3 Å². The molecule has 1 aliphatic rings. The second-order valence-electron chi connectivity index (χ2n) is 5.68. The highest BCUT2D eigenvalue weighted by molar-refractivity contribution is 8.01. The monoisotopic (exact) mass is 380 g/mol. The van der Waals surface area contributed by atoms with Gasteiger partial charge in [-0.3, -0.25) is 19.7 Å². The second kappa shape index (κ2) is 7.36. The number of hydrogen-bond acceptors (Lipinski definition) is 7. The maximum Gasteiger partial charge on any atom is 0.270 e. The minimum absolute atomic E-state index is 0.0152. The number of carbonyl (C=O) groups is 2. The topological polar surface area (TPSA) is 119 Å². The minimum Gasteiger partial charge on any atom is -0.368 e. The van der Waals surface area contributed by atoms with Crippen LogP contribution in [0.3, 0.4) is 0 Å². The van der Waals surface area contributed by atoms with Gasteiger partial charge in [-0.25, -0.2) is 4.98 Å². The molecule has 2 heterocycles. The van der Waals surface area contributed by atoms with Crippen molar-refractivity contribution in [1.82, 2.24) is 9.88 Å².